The number of carbonyl (C=O) groups is 2. The molecule has 1 aliphatic rings. The molecule has 3 aromatic rings. The Kier molecular flexibility index (Phi) is 5.76. The number of likely N-dealkylation sites (tertiary alicyclic amines) is 1. The first-order chi connectivity index (χ1) is 15.0. The molecule has 4 rings (SSSR count). The van der Waals surface area contributed by atoms with Crippen molar-refractivity contribution in [3.05, 3.63) is 83.4 Å². The molecule has 1 fully saturated rings. The lowest BCUT2D eigenvalue weighted by atomic mass is 9.94. The fraction of sp³-hybridized carbons (Fsp3) is 0.231. The average molecular weight is 415 g/mol. The highest BCUT2D eigenvalue weighted by atomic mass is 16.3. The smallest absolute Gasteiger partial charge is 0.295 e. The molecular weight excluding hydrogens is 390 g/mol. The van der Waals surface area contributed by atoms with Gasteiger partial charge in [-0.05, 0) is 41.0 Å². The van der Waals surface area contributed by atoms with Crippen LogP contribution >= 0.6 is 0 Å². The largest absolute Gasteiger partial charge is 0.508 e. The first kappa shape index (κ1) is 20.7. The van der Waals surface area contributed by atoms with E-state index in [0.717, 1.165) is 30.0 Å². The quantitative estimate of drug-likeness (QED) is 0.252. The van der Waals surface area contributed by atoms with E-state index in [1.54, 1.807) is 18.2 Å². The van der Waals surface area contributed by atoms with Gasteiger partial charge in [-0.2, -0.15) is 0 Å². The first-order valence-electron chi connectivity index (χ1n) is 10.6. The monoisotopic (exact) mass is 415 g/mol. The van der Waals surface area contributed by atoms with Gasteiger partial charge in [0.25, 0.3) is 11.7 Å². The van der Waals surface area contributed by atoms with Gasteiger partial charge < -0.3 is 15.1 Å². The summed E-state index contributed by atoms with van der Waals surface area (Å²) in [6, 6.07) is 19.0. The highest BCUT2D eigenvalue weighted by Crippen LogP contribution is 2.40. The van der Waals surface area contributed by atoms with Crippen molar-refractivity contribution >= 4 is 28.2 Å². The number of aliphatic hydroxyl groups is 1. The summed E-state index contributed by atoms with van der Waals surface area (Å²) in [6.45, 7) is 2.48. The third-order valence-corrected chi connectivity index (χ3v) is 5.75. The summed E-state index contributed by atoms with van der Waals surface area (Å²) >= 11 is 0. The third-order valence-electron chi connectivity index (χ3n) is 5.75. The number of fused-ring (bicyclic) bond motifs is 1. The van der Waals surface area contributed by atoms with E-state index in [1.807, 2.05) is 36.4 Å². The minimum Gasteiger partial charge on any atom is -0.508 e. The van der Waals surface area contributed by atoms with Crippen LogP contribution in [0.4, 0.5) is 0 Å². The molecule has 2 N–H and O–H groups in total. The summed E-state index contributed by atoms with van der Waals surface area (Å²) in [7, 11) is 0. The molecule has 0 aliphatic carbocycles. The summed E-state index contributed by atoms with van der Waals surface area (Å²) in [5, 5.41) is 23.1. The molecule has 1 heterocycles. The second-order valence-electron chi connectivity index (χ2n) is 7.86. The van der Waals surface area contributed by atoms with Crippen molar-refractivity contribution in [2.24, 2.45) is 0 Å². The number of benzene rings is 3. The highest BCUT2D eigenvalue weighted by Gasteiger charge is 2.45. The number of phenolic OH excluding ortho intramolecular Hbond substituents is 1. The van der Waals surface area contributed by atoms with Crippen LogP contribution in [0.1, 0.15) is 43.4 Å². The Morgan fingerprint density at radius 1 is 0.935 bits per heavy atom. The van der Waals surface area contributed by atoms with Crippen molar-refractivity contribution in [1.82, 2.24) is 4.90 Å². The van der Waals surface area contributed by atoms with Crippen molar-refractivity contribution in [3.63, 3.8) is 0 Å². The van der Waals surface area contributed by atoms with E-state index in [1.165, 1.54) is 17.0 Å². The zero-order valence-electron chi connectivity index (χ0n) is 17.4. The van der Waals surface area contributed by atoms with Gasteiger partial charge in [-0.25, -0.2) is 0 Å². The zero-order valence-corrected chi connectivity index (χ0v) is 17.4. The van der Waals surface area contributed by atoms with Crippen molar-refractivity contribution in [2.45, 2.75) is 32.2 Å². The molecule has 0 spiro atoms. The van der Waals surface area contributed by atoms with E-state index in [0.29, 0.717) is 17.7 Å². The van der Waals surface area contributed by atoms with Gasteiger partial charge in [0, 0.05) is 12.1 Å². The van der Waals surface area contributed by atoms with Crippen LogP contribution in [0.2, 0.25) is 0 Å². The lowest BCUT2D eigenvalue weighted by molar-refractivity contribution is -0.139. The van der Waals surface area contributed by atoms with Gasteiger partial charge in [0.05, 0.1) is 11.6 Å². The van der Waals surface area contributed by atoms with Crippen LogP contribution in [0.3, 0.4) is 0 Å². The van der Waals surface area contributed by atoms with Crippen LogP contribution in [0, 0.1) is 0 Å². The molecule has 158 valence electrons. The van der Waals surface area contributed by atoms with Gasteiger partial charge in [-0.15, -0.1) is 0 Å². The molecule has 1 atom stereocenters. The number of carbonyl (C=O) groups excluding carboxylic acids is 2. The van der Waals surface area contributed by atoms with Crippen LogP contribution in [0.15, 0.2) is 72.3 Å². The maximum Gasteiger partial charge on any atom is 0.295 e. The second kappa shape index (κ2) is 8.64. The van der Waals surface area contributed by atoms with E-state index in [2.05, 4.69) is 6.92 Å². The van der Waals surface area contributed by atoms with E-state index in [4.69, 9.17) is 0 Å². The molecule has 1 saturated heterocycles. The van der Waals surface area contributed by atoms with Crippen molar-refractivity contribution in [3.8, 4) is 5.75 Å². The number of aromatic hydroxyl groups is 1. The lowest BCUT2D eigenvalue weighted by Gasteiger charge is -2.25. The third kappa shape index (κ3) is 3.91. The topological polar surface area (TPSA) is 77.8 Å². The number of Topliss-reactive ketones (excluding diaryl/α,β-unsaturated/α-hetero) is 1. The molecule has 5 nitrogen and oxygen atoms in total. The Balaban J connectivity index is 1.85. The molecule has 0 saturated carbocycles. The number of ketones is 1. The van der Waals surface area contributed by atoms with E-state index < -0.39 is 17.7 Å². The number of aliphatic hydroxyl groups excluding tert-OH is 1. The molecule has 1 aliphatic heterocycles. The number of amides is 1. The number of rotatable bonds is 6. The first-order valence-corrected chi connectivity index (χ1v) is 10.6. The minimum atomic E-state index is -0.740. The maximum atomic E-state index is 13.0. The predicted octanol–water partition coefficient (Wildman–Crippen LogP) is 5.16. The molecule has 31 heavy (non-hydrogen) atoms. The van der Waals surface area contributed by atoms with Crippen LogP contribution in [-0.2, 0) is 9.59 Å². The average Bonchev–Trinajstić information content (AvgIpc) is 3.03. The molecule has 0 radical (unpaired) electrons. The van der Waals surface area contributed by atoms with Gasteiger partial charge in [0.15, 0.2) is 0 Å². The normalized spacial score (nSPS) is 18.1. The van der Waals surface area contributed by atoms with Crippen LogP contribution in [0.5, 0.6) is 5.75 Å². The summed E-state index contributed by atoms with van der Waals surface area (Å²) in [5.41, 5.74) is 1.14. The SMILES string of the molecule is CCCCCN1C(=O)C(=O)/C(=C(\O)c2ccc3ccccc3c2)C1c1cccc(O)c1. The Bertz CT molecular complexity index is 1180. The van der Waals surface area contributed by atoms with Gasteiger partial charge in [0.1, 0.15) is 11.5 Å². The van der Waals surface area contributed by atoms with Gasteiger partial charge in [0.2, 0.25) is 0 Å². The number of hydrogen-bond acceptors (Lipinski definition) is 4. The van der Waals surface area contributed by atoms with E-state index in [9.17, 15) is 19.8 Å². The lowest BCUT2D eigenvalue weighted by Crippen LogP contribution is -2.30. The van der Waals surface area contributed by atoms with Crippen molar-refractivity contribution < 1.29 is 19.8 Å². The molecule has 1 unspecified atom stereocenters. The fourth-order valence-corrected chi connectivity index (χ4v) is 4.18. The molecule has 1 amide bonds. The van der Waals surface area contributed by atoms with Crippen molar-refractivity contribution in [2.75, 3.05) is 6.54 Å². The maximum absolute atomic E-state index is 13.0. The summed E-state index contributed by atoms with van der Waals surface area (Å²) in [5.74, 6) is -1.47. The fourth-order valence-electron chi connectivity index (χ4n) is 4.18. The molecule has 5 heteroatoms. The molecule has 0 aromatic heterocycles. The Labute approximate surface area is 181 Å². The highest BCUT2D eigenvalue weighted by molar-refractivity contribution is 6.46. The van der Waals surface area contributed by atoms with Crippen molar-refractivity contribution in [1.29, 1.82) is 0 Å². The van der Waals surface area contributed by atoms with Gasteiger partial charge in [-0.1, -0.05) is 68.3 Å². The van der Waals surface area contributed by atoms with Gasteiger partial charge in [-0.3, -0.25) is 9.59 Å². The Hall–Kier alpha value is -3.60. The van der Waals surface area contributed by atoms with E-state index in [-0.39, 0.29) is 17.1 Å². The van der Waals surface area contributed by atoms with Crippen LogP contribution < -0.4 is 0 Å². The summed E-state index contributed by atoms with van der Waals surface area (Å²) in [4.78, 5) is 27.4. The van der Waals surface area contributed by atoms with Crippen LogP contribution in [-0.4, -0.2) is 33.3 Å². The summed E-state index contributed by atoms with van der Waals surface area (Å²) in [6.07, 6.45) is 2.67. The van der Waals surface area contributed by atoms with E-state index >= 15 is 0 Å². The summed E-state index contributed by atoms with van der Waals surface area (Å²) < 4.78 is 0. The van der Waals surface area contributed by atoms with Crippen LogP contribution in [0.25, 0.3) is 16.5 Å². The molecule has 0 bridgehead atoms. The minimum absolute atomic E-state index is 0.0438. The number of hydrogen-bond donors (Lipinski definition) is 2. The van der Waals surface area contributed by atoms with Gasteiger partial charge >= 0.3 is 0 Å². The number of unbranched alkanes of at least 4 members (excludes halogenated alkanes) is 2. The number of nitrogens with zero attached hydrogens (tertiary/aromatic N) is 1. The number of phenols is 1. The second-order valence-corrected chi connectivity index (χ2v) is 7.86. The Morgan fingerprint density at radius 2 is 1.71 bits per heavy atom. The standard InChI is InChI=1S/C26H25NO4/c1-2-3-6-14-27-23(19-10-7-11-21(28)16-19)22(25(30)26(27)31)24(29)20-13-12-17-8-4-5-9-18(17)15-20/h4-5,7-13,15-16,23,28-29H,2-3,6,14H2,1H3/b24-22-. The zero-order chi connectivity index (χ0) is 22.0. The molecular formula is C26H25NO4. The Morgan fingerprint density at radius 3 is 2.45 bits per heavy atom. The molecule has 3 aromatic carbocycles. The predicted molar refractivity (Wildman–Crippen MR) is 121 cm³/mol.